The second-order valence-electron chi connectivity index (χ2n) is 7.98. The Hall–Kier alpha value is -3.84. The minimum atomic E-state index is -4.54. The SMILES string of the molecule is CCCOc1ccc(C(=O)N[C@H](CO)Cc2ccc(-c3nc(C(F)(F)F)c(C)[nH]3)cc2)cc1C#N. The highest BCUT2D eigenvalue weighted by atomic mass is 19.4. The molecule has 1 aromatic heterocycles. The Morgan fingerprint density at radius 2 is 1.97 bits per heavy atom. The number of nitrogens with one attached hydrogen (secondary N) is 2. The zero-order chi connectivity index (χ0) is 25.6. The number of ether oxygens (including phenoxy) is 1. The van der Waals surface area contributed by atoms with Crippen molar-refractivity contribution in [1.29, 1.82) is 5.26 Å². The maximum atomic E-state index is 13.0. The Bertz CT molecular complexity index is 1210. The van der Waals surface area contributed by atoms with Gasteiger partial charge in [0.2, 0.25) is 0 Å². The second-order valence-corrected chi connectivity index (χ2v) is 7.98. The number of halogens is 3. The first-order valence-electron chi connectivity index (χ1n) is 11.0. The minimum absolute atomic E-state index is 0.0656. The van der Waals surface area contributed by atoms with E-state index in [1.54, 1.807) is 36.4 Å². The first-order valence-corrected chi connectivity index (χ1v) is 11.0. The van der Waals surface area contributed by atoms with Crippen LogP contribution in [0.15, 0.2) is 42.5 Å². The van der Waals surface area contributed by atoms with E-state index in [1.807, 2.05) is 13.0 Å². The van der Waals surface area contributed by atoms with Crippen LogP contribution in [0, 0.1) is 18.3 Å². The van der Waals surface area contributed by atoms with Gasteiger partial charge in [0.1, 0.15) is 17.6 Å². The molecule has 0 spiro atoms. The molecule has 0 aliphatic heterocycles. The molecule has 1 amide bonds. The number of aromatic amines is 1. The second kappa shape index (κ2) is 11.1. The number of rotatable bonds is 9. The Balaban J connectivity index is 1.68. The molecule has 0 unspecified atom stereocenters. The van der Waals surface area contributed by atoms with Gasteiger partial charge in [0.05, 0.1) is 24.8 Å². The monoisotopic (exact) mass is 486 g/mol. The third-order valence-corrected chi connectivity index (χ3v) is 5.24. The van der Waals surface area contributed by atoms with Crippen molar-refractivity contribution in [2.24, 2.45) is 0 Å². The van der Waals surface area contributed by atoms with E-state index < -0.39 is 23.8 Å². The number of hydrogen-bond donors (Lipinski definition) is 3. The van der Waals surface area contributed by atoms with Crippen molar-refractivity contribution in [2.75, 3.05) is 13.2 Å². The predicted octanol–water partition coefficient (Wildman–Crippen LogP) is 4.40. The molecule has 184 valence electrons. The summed E-state index contributed by atoms with van der Waals surface area (Å²) in [7, 11) is 0. The summed E-state index contributed by atoms with van der Waals surface area (Å²) in [5, 5.41) is 21.8. The number of alkyl halides is 3. The quantitative estimate of drug-likeness (QED) is 0.415. The number of nitriles is 1. The molecule has 3 N–H and O–H groups in total. The zero-order valence-electron chi connectivity index (χ0n) is 19.2. The summed E-state index contributed by atoms with van der Waals surface area (Å²) in [6.07, 6.45) is -3.47. The lowest BCUT2D eigenvalue weighted by Gasteiger charge is -2.17. The summed E-state index contributed by atoms with van der Waals surface area (Å²) in [6, 6.07) is 12.6. The van der Waals surface area contributed by atoms with Crippen LogP contribution in [0.25, 0.3) is 11.4 Å². The minimum Gasteiger partial charge on any atom is -0.492 e. The average Bonchev–Trinajstić information content (AvgIpc) is 3.24. The molecule has 0 fully saturated rings. The fraction of sp³-hybridized carbons (Fsp3) is 0.320. The summed E-state index contributed by atoms with van der Waals surface area (Å²) < 4.78 is 44.5. The highest BCUT2D eigenvalue weighted by molar-refractivity contribution is 5.95. The topological polar surface area (TPSA) is 111 Å². The van der Waals surface area contributed by atoms with Crippen LogP contribution < -0.4 is 10.1 Å². The molecular formula is C25H25F3N4O3. The van der Waals surface area contributed by atoms with E-state index in [9.17, 15) is 28.3 Å². The van der Waals surface area contributed by atoms with Crippen molar-refractivity contribution < 1.29 is 27.8 Å². The molecule has 3 rings (SSSR count). The highest BCUT2D eigenvalue weighted by Crippen LogP contribution is 2.32. The molecule has 7 nitrogen and oxygen atoms in total. The number of aromatic nitrogens is 2. The summed E-state index contributed by atoms with van der Waals surface area (Å²) in [4.78, 5) is 19.0. The molecule has 2 aromatic carbocycles. The number of nitrogens with zero attached hydrogens (tertiary/aromatic N) is 2. The van der Waals surface area contributed by atoms with Gasteiger partial charge >= 0.3 is 6.18 Å². The van der Waals surface area contributed by atoms with E-state index in [-0.39, 0.29) is 35.7 Å². The summed E-state index contributed by atoms with van der Waals surface area (Å²) >= 11 is 0. The largest absolute Gasteiger partial charge is 0.492 e. The van der Waals surface area contributed by atoms with E-state index in [0.29, 0.717) is 17.9 Å². The fourth-order valence-corrected chi connectivity index (χ4v) is 3.48. The van der Waals surface area contributed by atoms with Crippen molar-refractivity contribution in [2.45, 2.75) is 38.9 Å². The summed E-state index contributed by atoms with van der Waals surface area (Å²) in [6.45, 7) is 3.38. The van der Waals surface area contributed by atoms with Crippen LogP contribution in [-0.2, 0) is 12.6 Å². The Labute approximate surface area is 200 Å². The fourth-order valence-electron chi connectivity index (χ4n) is 3.48. The smallest absolute Gasteiger partial charge is 0.435 e. The average molecular weight is 486 g/mol. The van der Waals surface area contributed by atoms with E-state index in [4.69, 9.17) is 4.74 Å². The number of carbonyl (C=O) groups excluding carboxylic acids is 1. The van der Waals surface area contributed by atoms with Gasteiger partial charge in [-0.25, -0.2) is 4.98 Å². The number of imidazole rings is 1. The molecule has 0 radical (unpaired) electrons. The molecule has 0 saturated heterocycles. The maximum Gasteiger partial charge on any atom is 0.435 e. The number of amides is 1. The van der Waals surface area contributed by atoms with Crippen molar-refractivity contribution in [3.63, 3.8) is 0 Å². The Morgan fingerprint density at radius 3 is 2.54 bits per heavy atom. The molecule has 0 aliphatic carbocycles. The van der Waals surface area contributed by atoms with Crippen LogP contribution >= 0.6 is 0 Å². The van der Waals surface area contributed by atoms with Crippen LogP contribution in [0.5, 0.6) is 5.75 Å². The molecule has 10 heteroatoms. The molecule has 0 bridgehead atoms. The van der Waals surface area contributed by atoms with Crippen LogP contribution in [-0.4, -0.2) is 40.2 Å². The van der Waals surface area contributed by atoms with E-state index >= 15 is 0 Å². The third-order valence-electron chi connectivity index (χ3n) is 5.24. The normalized spacial score (nSPS) is 12.1. The number of H-pyrrole nitrogens is 1. The molecule has 1 atom stereocenters. The lowest BCUT2D eigenvalue weighted by molar-refractivity contribution is -0.141. The van der Waals surface area contributed by atoms with Gasteiger partial charge in [0.15, 0.2) is 5.69 Å². The third kappa shape index (κ3) is 6.39. The number of benzene rings is 2. The molecule has 1 heterocycles. The zero-order valence-corrected chi connectivity index (χ0v) is 19.2. The first-order chi connectivity index (χ1) is 16.7. The number of hydrogen-bond acceptors (Lipinski definition) is 5. The number of carbonyl (C=O) groups is 1. The number of aliphatic hydroxyl groups excluding tert-OH is 1. The molecular weight excluding hydrogens is 461 g/mol. The Kier molecular flexibility index (Phi) is 8.14. The first kappa shape index (κ1) is 25.8. The van der Waals surface area contributed by atoms with Gasteiger partial charge in [-0.1, -0.05) is 31.2 Å². The van der Waals surface area contributed by atoms with E-state index in [0.717, 1.165) is 12.0 Å². The van der Waals surface area contributed by atoms with Gasteiger partial charge in [0, 0.05) is 16.8 Å². The molecule has 0 aliphatic rings. The predicted molar refractivity (Wildman–Crippen MR) is 123 cm³/mol. The van der Waals surface area contributed by atoms with Gasteiger partial charge in [-0.15, -0.1) is 0 Å². The van der Waals surface area contributed by atoms with Gasteiger partial charge < -0.3 is 20.1 Å². The lowest BCUT2D eigenvalue weighted by Crippen LogP contribution is -2.39. The van der Waals surface area contributed by atoms with Crippen LogP contribution in [0.2, 0.25) is 0 Å². The van der Waals surface area contributed by atoms with Gasteiger partial charge in [0.25, 0.3) is 5.91 Å². The number of aryl methyl sites for hydroxylation is 1. The van der Waals surface area contributed by atoms with Crippen LogP contribution in [0.3, 0.4) is 0 Å². The van der Waals surface area contributed by atoms with Crippen molar-refractivity contribution in [3.05, 3.63) is 70.5 Å². The van der Waals surface area contributed by atoms with Crippen LogP contribution in [0.4, 0.5) is 13.2 Å². The van der Waals surface area contributed by atoms with Crippen LogP contribution in [0.1, 0.15) is 46.2 Å². The molecule has 3 aromatic rings. The summed E-state index contributed by atoms with van der Waals surface area (Å²) in [5.74, 6) is 0.0526. The van der Waals surface area contributed by atoms with Crippen molar-refractivity contribution in [1.82, 2.24) is 15.3 Å². The van der Waals surface area contributed by atoms with E-state index in [2.05, 4.69) is 15.3 Å². The standard InChI is InChI=1S/C25H25F3N4O3/c1-3-10-35-21-9-8-18(12-19(21)13-29)24(34)31-20(14-33)11-16-4-6-17(7-5-16)23-30-15(2)22(32-23)25(26,27)28/h4-9,12,20,33H,3,10-11,14H2,1-2H3,(H,30,32)(H,31,34)/t20-/m0/s1. The maximum absolute atomic E-state index is 13.0. The van der Waals surface area contributed by atoms with Gasteiger partial charge in [-0.05, 0) is 43.5 Å². The van der Waals surface area contributed by atoms with Crippen molar-refractivity contribution in [3.8, 4) is 23.2 Å². The van der Waals surface area contributed by atoms with Gasteiger partial charge in [-0.3, -0.25) is 4.79 Å². The molecule has 35 heavy (non-hydrogen) atoms. The van der Waals surface area contributed by atoms with E-state index in [1.165, 1.54) is 13.0 Å². The van der Waals surface area contributed by atoms with Crippen molar-refractivity contribution >= 4 is 5.91 Å². The number of aliphatic hydroxyl groups is 1. The Morgan fingerprint density at radius 1 is 1.26 bits per heavy atom. The lowest BCUT2D eigenvalue weighted by atomic mass is 10.0. The highest BCUT2D eigenvalue weighted by Gasteiger charge is 2.36. The van der Waals surface area contributed by atoms with Gasteiger partial charge in [-0.2, -0.15) is 18.4 Å². The summed E-state index contributed by atoms with van der Waals surface area (Å²) in [5.41, 5.74) is 0.713. The molecule has 0 saturated carbocycles.